The van der Waals surface area contributed by atoms with Crippen LogP contribution in [0.5, 0.6) is 0 Å². The van der Waals surface area contributed by atoms with Gasteiger partial charge in [-0.15, -0.1) is 0 Å². The van der Waals surface area contributed by atoms with E-state index < -0.39 is 32.5 Å². The highest BCUT2D eigenvalue weighted by Gasteiger charge is 2.55. The molecule has 0 aromatic heterocycles. The Labute approximate surface area is 117 Å². The maximum absolute atomic E-state index is 11.2. The number of nitrogens with two attached hydrogens (primary N) is 1. The van der Waals surface area contributed by atoms with Gasteiger partial charge in [0.1, 0.15) is 5.54 Å². The van der Waals surface area contributed by atoms with Crippen LogP contribution in [0.2, 0.25) is 0 Å². The number of hydrogen-bond donors (Lipinski definition) is 5. The normalized spacial score (nSPS) is 13.8. The van der Waals surface area contributed by atoms with Gasteiger partial charge in [-0.05, 0) is 26.7 Å². The summed E-state index contributed by atoms with van der Waals surface area (Å²) >= 11 is 0. The standard InChI is InChI=1S/C10H24NO8P/c1-3-17-10(18-4-2,19-20(14,15)16)9(11,5-7-12)6-8-13/h12-13H,3-8,11H2,1-2H3,(H2,14,15,16). The van der Waals surface area contributed by atoms with Crippen molar-refractivity contribution in [1.29, 1.82) is 0 Å². The largest absolute Gasteiger partial charge is 0.474 e. The molecule has 122 valence electrons. The van der Waals surface area contributed by atoms with Gasteiger partial charge in [0, 0.05) is 26.4 Å². The van der Waals surface area contributed by atoms with E-state index in [1.807, 2.05) is 0 Å². The third-order valence-electron chi connectivity index (χ3n) is 2.63. The van der Waals surface area contributed by atoms with Crippen LogP contribution in [0.4, 0.5) is 0 Å². The highest BCUT2D eigenvalue weighted by Crippen LogP contribution is 2.47. The molecule has 0 unspecified atom stereocenters. The first-order valence-corrected chi connectivity index (χ1v) is 7.78. The average Bonchev–Trinajstić information content (AvgIpc) is 2.27. The monoisotopic (exact) mass is 317 g/mol. The third-order valence-corrected chi connectivity index (χ3v) is 3.11. The van der Waals surface area contributed by atoms with E-state index in [4.69, 9.17) is 35.2 Å². The van der Waals surface area contributed by atoms with Crippen LogP contribution in [-0.2, 0) is 18.6 Å². The molecule has 0 fully saturated rings. The third kappa shape index (κ3) is 5.36. The minimum absolute atomic E-state index is 0.00416. The second kappa shape index (κ2) is 8.38. The molecular weight excluding hydrogens is 293 g/mol. The molecule has 0 spiro atoms. The lowest BCUT2D eigenvalue weighted by atomic mass is 9.89. The van der Waals surface area contributed by atoms with Crippen LogP contribution in [0.3, 0.4) is 0 Å². The van der Waals surface area contributed by atoms with E-state index in [9.17, 15) is 4.57 Å². The first-order valence-electron chi connectivity index (χ1n) is 6.25. The highest BCUT2D eigenvalue weighted by molar-refractivity contribution is 7.46. The van der Waals surface area contributed by atoms with Crippen LogP contribution < -0.4 is 5.73 Å². The molecule has 6 N–H and O–H groups in total. The van der Waals surface area contributed by atoms with Gasteiger partial charge in [0.25, 0.3) is 0 Å². The smallest absolute Gasteiger partial charge is 0.396 e. The summed E-state index contributed by atoms with van der Waals surface area (Å²) in [6.07, 6.45) is -0.291. The summed E-state index contributed by atoms with van der Waals surface area (Å²) in [6.45, 7) is 2.32. The van der Waals surface area contributed by atoms with E-state index in [0.29, 0.717) is 0 Å². The molecule has 0 rings (SSSR count). The summed E-state index contributed by atoms with van der Waals surface area (Å²) in [5.74, 6) is -2.26. The summed E-state index contributed by atoms with van der Waals surface area (Å²) < 4.78 is 26.3. The molecule has 0 aromatic carbocycles. The molecule has 0 saturated carbocycles. The van der Waals surface area contributed by atoms with Gasteiger partial charge in [-0.3, -0.25) is 0 Å². The lowest BCUT2D eigenvalue weighted by Gasteiger charge is -2.45. The van der Waals surface area contributed by atoms with Gasteiger partial charge in [0.15, 0.2) is 0 Å². The molecular formula is C10H24NO8P. The van der Waals surface area contributed by atoms with Gasteiger partial charge in [0.2, 0.25) is 0 Å². The molecule has 9 nitrogen and oxygen atoms in total. The minimum Gasteiger partial charge on any atom is -0.396 e. The van der Waals surface area contributed by atoms with Crippen molar-refractivity contribution in [2.45, 2.75) is 38.2 Å². The van der Waals surface area contributed by atoms with Crippen molar-refractivity contribution in [2.24, 2.45) is 5.73 Å². The predicted molar refractivity (Wildman–Crippen MR) is 69.4 cm³/mol. The van der Waals surface area contributed by atoms with Crippen molar-refractivity contribution in [2.75, 3.05) is 26.4 Å². The van der Waals surface area contributed by atoms with Crippen LogP contribution in [0.15, 0.2) is 0 Å². The summed E-state index contributed by atoms with van der Waals surface area (Å²) in [5.41, 5.74) is 4.40. The Morgan fingerprint density at radius 3 is 1.70 bits per heavy atom. The molecule has 0 saturated heterocycles. The van der Waals surface area contributed by atoms with E-state index in [1.165, 1.54) is 0 Å². The molecule has 0 aromatic rings. The molecule has 20 heavy (non-hydrogen) atoms. The Hall–Kier alpha value is -0.0900. The van der Waals surface area contributed by atoms with Crippen molar-refractivity contribution in [3.8, 4) is 0 Å². The van der Waals surface area contributed by atoms with E-state index >= 15 is 0 Å². The van der Waals surface area contributed by atoms with Crippen molar-refractivity contribution in [3.05, 3.63) is 0 Å². The number of ether oxygens (including phenoxy) is 2. The maximum Gasteiger partial charge on any atom is 0.474 e. The number of aliphatic hydroxyl groups is 2. The Balaban J connectivity index is 5.67. The summed E-state index contributed by atoms with van der Waals surface area (Å²) in [6, 6.07) is 0. The fourth-order valence-electron chi connectivity index (χ4n) is 1.84. The molecule has 0 aliphatic carbocycles. The molecule has 10 heteroatoms. The number of aliphatic hydroxyl groups excluding tert-OH is 2. The zero-order valence-electron chi connectivity index (χ0n) is 11.7. The zero-order valence-corrected chi connectivity index (χ0v) is 12.6. The van der Waals surface area contributed by atoms with Crippen molar-refractivity contribution in [3.63, 3.8) is 0 Å². The Morgan fingerprint density at radius 1 is 1.05 bits per heavy atom. The van der Waals surface area contributed by atoms with Crippen molar-refractivity contribution < 1.29 is 38.6 Å². The molecule has 0 radical (unpaired) electrons. The van der Waals surface area contributed by atoms with Gasteiger partial charge in [-0.2, -0.15) is 0 Å². The second-order valence-electron chi connectivity index (χ2n) is 4.11. The van der Waals surface area contributed by atoms with Gasteiger partial charge < -0.3 is 35.2 Å². The van der Waals surface area contributed by atoms with E-state index in [2.05, 4.69) is 4.52 Å². The van der Waals surface area contributed by atoms with Crippen LogP contribution >= 0.6 is 7.82 Å². The summed E-state index contributed by atoms with van der Waals surface area (Å²) in [4.78, 5) is 18.1. The molecule has 0 bridgehead atoms. The van der Waals surface area contributed by atoms with Gasteiger partial charge >= 0.3 is 13.8 Å². The lowest BCUT2D eigenvalue weighted by molar-refractivity contribution is -0.380. The van der Waals surface area contributed by atoms with Crippen LogP contribution in [0.25, 0.3) is 0 Å². The average molecular weight is 317 g/mol. The predicted octanol–water partition coefficient (Wildman–Crippen LogP) is -0.715. The van der Waals surface area contributed by atoms with Gasteiger partial charge in [-0.25, -0.2) is 9.09 Å². The first kappa shape index (κ1) is 19.9. The molecule has 0 aliphatic rings. The number of phosphoric ester groups is 1. The first-order chi connectivity index (χ1) is 9.20. The zero-order chi connectivity index (χ0) is 15.9. The summed E-state index contributed by atoms with van der Waals surface area (Å²) in [5, 5.41) is 18.2. The molecule has 0 amide bonds. The second-order valence-corrected chi connectivity index (χ2v) is 5.27. The summed E-state index contributed by atoms with van der Waals surface area (Å²) in [7, 11) is -4.98. The van der Waals surface area contributed by atoms with Crippen LogP contribution in [-0.4, -0.2) is 57.9 Å². The van der Waals surface area contributed by atoms with E-state index in [1.54, 1.807) is 13.8 Å². The lowest BCUT2D eigenvalue weighted by Crippen LogP contribution is -2.65. The number of phosphoric acid groups is 1. The van der Waals surface area contributed by atoms with Gasteiger partial charge in [-0.1, -0.05) is 0 Å². The SMILES string of the molecule is CCOC(OCC)(OP(=O)(O)O)C(N)(CCO)CCO. The van der Waals surface area contributed by atoms with E-state index in [-0.39, 0.29) is 26.1 Å². The topological polar surface area (TPSA) is 152 Å². The Bertz CT molecular complexity index is 308. The number of hydrogen-bond acceptors (Lipinski definition) is 7. The molecule has 0 aliphatic heterocycles. The van der Waals surface area contributed by atoms with Crippen LogP contribution in [0.1, 0.15) is 26.7 Å². The van der Waals surface area contributed by atoms with Crippen molar-refractivity contribution in [1.82, 2.24) is 0 Å². The molecule has 0 heterocycles. The van der Waals surface area contributed by atoms with Gasteiger partial charge in [0.05, 0.1) is 0 Å². The number of rotatable bonds is 11. The van der Waals surface area contributed by atoms with Crippen molar-refractivity contribution >= 4 is 7.82 Å². The maximum atomic E-state index is 11.2. The fraction of sp³-hybridized carbons (Fsp3) is 1.00. The highest BCUT2D eigenvalue weighted by atomic mass is 31.2. The van der Waals surface area contributed by atoms with E-state index in [0.717, 1.165) is 0 Å². The Kier molecular flexibility index (Phi) is 8.34. The minimum atomic E-state index is -4.98. The Morgan fingerprint density at radius 2 is 1.45 bits per heavy atom. The fourth-order valence-corrected chi connectivity index (χ4v) is 2.44. The quantitative estimate of drug-likeness (QED) is 0.245. The molecule has 0 atom stereocenters. The van der Waals surface area contributed by atoms with Crippen LogP contribution in [0, 0.1) is 0 Å².